The van der Waals surface area contributed by atoms with Gasteiger partial charge in [0.05, 0.1) is 0 Å². The molecule has 0 aromatic carbocycles. The second kappa shape index (κ2) is 24.5. The molecular formula is C26H53Br. The highest BCUT2D eigenvalue weighted by atomic mass is 79.9. The fraction of sp³-hybridized carbons (Fsp3) is 1.00. The molecule has 0 radical (unpaired) electrons. The van der Waals surface area contributed by atoms with Gasteiger partial charge in [-0.1, -0.05) is 165 Å². The van der Waals surface area contributed by atoms with Crippen molar-refractivity contribution < 1.29 is 0 Å². The molecule has 0 saturated carbocycles. The van der Waals surface area contributed by atoms with Crippen molar-refractivity contribution in [1.29, 1.82) is 0 Å². The summed E-state index contributed by atoms with van der Waals surface area (Å²) >= 11 is 3.91. The van der Waals surface area contributed by atoms with Crippen LogP contribution in [0.4, 0.5) is 0 Å². The molecule has 0 saturated heterocycles. The van der Waals surface area contributed by atoms with Gasteiger partial charge in [-0.3, -0.25) is 0 Å². The van der Waals surface area contributed by atoms with Crippen molar-refractivity contribution in [3.8, 4) is 0 Å². The summed E-state index contributed by atoms with van der Waals surface area (Å²) < 4.78 is 0. The summed E-state index contributed by atoms with van der Waals surface area (Å²) in [6.07, 6.45) is 33.3. The van der Waals surface area contributed by atoms with Gasteiger partial charge in [0, 0.05) is 4.83 Å². The standard InChI is InChI=1S/C26H53Br/c1-3-5-7-9-11-13-14-15-16-17-19-21-23-25-26(27)24-22-20-18-12-10-8-6-4-2/h26H,3-25H2,1-2H3. The lowest BCUT2D eigenvalue weighted by atomic mass is 10.0. The summed E-state index contributed by atoms with van der Waals surface area (Å²) in [6, 6.07) is 0. The van der Waals surface area contributed by atoms with Gasteiger partial charge in [-0.15, -0.1) is 0 Å². The van der Waals surface area contributed by atoms with E-state index in [-0.39, 0.29) is 0 Å². The maximum absolute atomic E-state index is 3.91. The van der Waals surface area contributed by atoms with Gasteiger partial charge in [-0.25, -0.2) is 0 Å². The molecule has 0 heterocycles. The van der Waals surface area contributed by atoms with E-state index in [1.807, 2.05) is 0 Å². The first kappa shape index (κ1) is 27.5. The molecule has 0 spiro atoms. The molecule has 164 valence electrons. The molecule has 0 aromatic rings. The third-order valence-corrected chi connectivity index (χ3v) is 6.91. The summed E-state index contributed by atoms with van der Waals surface area (Å²) in [5.74, 6) is 0. The Morgan fingerprint density at radius 1 is 0.370 bits per heavy atom. The van der Waals surface area contributed by atoms with Crippen LogP contribution in [0.25, 0.3) is 0 Å². The van der Waals surface area contributed by atoms with E-state index in [0.717, 1.165) is 4.83 Å². The van der Waals surface area contributed by atoms with E-state index in [1.165, 1.54) is 148 Å². The molecule has 0 aromatic heterocycles. The molecule has 1 unspecified atom stereocenters. The maximum atomic E-state index is 3.91. The van der Waals surface area contributed by atoms with Crippen molar-refractivity contribution in [1.82, 2.24) is 0 Å². The highest BCUT2D eigenvalue weighted by molar-refractivity contribution is 9.09. The van der Waals surface area contributed by atoms with E-state index in [4.69, 9.17) is 0 Å². The van der Waals surface area contributed by atoms with Gasteiger partial charge in [-0.2, -0.15) is 0 Å². The van der Waals surface area contributed by atoms with Gasteiger partial charge >= 0.3 is 0 Å². The zero-order valence-electron chi connectivity index (χ0n) is 19.2. The van der Waals surface area contributed by atoms with E-state index in [9.17, 15) is 0 Å². The van der Waals surface area contributed by atoms with Crippen molar-refractivity contribution in [2.75, 3.05) is 0 Å². The van der Waals surface area contributed by atoms with Crippen molar-refractivity contribution >= 4 is 15.9 Å². The lowest BCUT2D eigenvalue weighted by Crippen LogP contribution is -1.97. The second-order valence-electron chi connectivity index (χ2n) is 8.89. The van der Waals surface area contributed by atoms with Crippen molar-refractivity contribution in [3.05, 3.63) is 0 Å². The zero-order valence-corrected chi connectivity index (χ0v) is 20.8. The summed E-state index contributed by atoms with van der Waals surface area (Å²) in [5, 5.41) is 0. The summed E-state index contributed by atoms with van der Waals surface area (Å²) in [5.41, 5.74) is 0. The van der Waals surface area contributed by atoms with Gasteiger partial charge in [0.1, 0.15) is 0 Å². The number of hydrogen-bond acceptors (Lipinski definition) is 0. The Morgan fingerprint density at radius 3 is 0.852 bits per heavy atom. The molecule has 0 N–H and O–H groups in total. The highest BCUT2D eigenvalue weighted by Crippen LogP contribution is 2.20. The molecular weight excluding hydrogens is 392 g/mol. The van der Waals surface area contributed by atoms with Gasteiger partial charge in [-0.05, 0) is 12.8 Å². The third-order valence-electron chi connectivity index (χ3n) is 5.99. The molecule has 0 nitrogen and oxygen atoms in total. The zero-order chi connectivity index (χ0) is 19.8. The second-order valence-corrected chi connectivity index (χ2v) is 10.2. The molecule has 0 aliphatic rings. The van der Waals surface area contributed by atoms with E-state index < -0.39 is 0 Å². The van der Waals surface area contributed by atoms with Crippen LogP contribution in [0.5, 0.6) is 0 Å². The fourth-order valence-electron chi connectivity index (χ4n) is 4.03. The molecule has 1 atom stereocenters. The van der Waals surface area contributed by atoms with Crippen LogP contribution in [0.3, 0.4) is 0 Å². The topological polar surface area (TPSA) is 0 Å². The molecule has 0 aliphatic heterocycles. The Hall–Kier alpha value is 0.480. The average Bonchev–Trinajstić information content (AvgIpc) is 2.67. The fourth-order valence-corrected chi connectivity index (χ4v) is 4.68. The Kier molecular flexibility index (Phi) is 25.0. The Labute approximate surface area is 182 Å². The first-order chi connectivity index (χ1) is 13.3. The van der Waals surface area contributed by atoms with Crippen LogP contribution in [0.2, 0.25) is 0 Å². The lowest BCUT2D eigenvalue weighted by Gasteiger charge is -2.09. The minimum atomic E-state index is 0.783. The SMILES string of the molecule is CCCCCCCCCCCCCCCC(Br)CCCCCCCCCC. The van der Waals surface area contributed by atoms with E-state index in [2.05, 4.69) is 29.8 Å². The summed E-state index contributed by atoms with van der Waals surface area (Å²) in [4.78, 5) is 0.783. The predicted octanol–water partition coefficient (Wildman–Crippen LogP) is 10.8. The molecule has 0 aliphatic carbocycles. The molecule has 27 heavy (non-hydrogen) atoms. The normalized spacial score (nSPS) is 12.6. The Bertz CT molecular complexity index is 251. The van der Waals surface area contributed by atoms with Crippen molar-refractivity contribution in [2.24, 2.45) is 0 Å². The lowest BCUT2D eigenvalue weighted by molar-refractivity contribution is 0.524. The molecule has 1 heteroatoms. The van der Waals surface area contributed by atoms with Gasteiger partial charge in [0.15, 0.2) is 0 Å². The van der Waals surface area contributed by atoms with Crippen LogP contribution in [0, 0.1) is 0 Å². The number of rotatable bonds is 23. The number of halogens is 1. The first-order valence-corrected chi connectivity index (χ1v) is 13.9. The minimum Gasteiger partial charge on any atom is -0.0891 e. The number of alkyl halides is 1. The van der Waals surface area contributed by atoms with E-state index in [0.29, 0.717) is 0 Å². The molecule has 0 amide bonds. The van der Waals surface area contributed by atoms with Crippen LogP contribution >= 0.6 is 15.9 Å². The highest BCUT2D eigenvalue weighted by Gasteiger charge is 2.03. The van der Waals surface area contributed by atoms with Crippen LogP contribution in [0.15, 0.2) is 0 Å². The first-order valence-electron chi connectivity index (χ1n) is 12.9. The molecule has 0 fully saturated rings. The van der Waals surface area contributed by atoms with Crippen LogP contribution < -0.4 is 0 Å². The van der Waals surface area contributed by atoms with E-state index >= 15 is 0 Å². The largest absolute Gasteiger partial charge is 0.0891 e. The monoisotopic (exact) mass is 444 g/mol. The van der Waals surface area contributed by atoms with Gasteiger partial charge < -0.3 is 0 Å². The maximum Gasteiger partial charge on any atom is 0.0145 e. The third kappa shape index (κ3) is 24.4. The smallest absolute Gasteiger partial charge is 0.0145 e. The quantitative estimate of drug-likeness (QED) is 0.108. The minimum absolute atomic E-state index is 0.783. The summed E-state index contributed by atoms with van der Waals surface area (Å²) in [7, 11) is 0. The number of hydrogen-bond donors (Lipinski definition) is 0. The van der Waals surface area contributed by atoms with Crippen LogP contribution in [0.1, 0.15) is 162 Å². The Morgan fingerprint density at radius 2 is 0.593 bits per heavy atom. The van der Waals surface area contributed by atoms with Crippen molar-refractivity contribution in [3.63, 3.8) is 0 Å². The van der Waals surface area contributed by atoms with Gasteiger partial charge in [0.2, 0.25) is 0 Å². The predicted molar refractivity (Wildman–Crippen MR) is 130 cm³/mol. The number of unbranched alkanes of at least 4 members (excludes halogenated alkanes) is 19. The van der Waals surface area contributed by atoms with E-state index in [1.54, 1.807) is 0 Å². The van der Waals surface area contributed by atoms with Gasteiger partial charge in [0.25, 0.3) is 0 Å². The molecule has 0 rings (SSSR count). The van der Waals surface area contributed by atoms with Crippen LogP contribution in [-0.2, 0) is 0 Å². The van der Waals surface area contributed by atoms with Crippen LogP contribution in [-0.4, -0.2) is 4.83 Å². The molecule has 0 bridgehead atoms. The summed E-state index contributed by atoms with van der Waals surface area (Å²) in [6.45, 7) is 4.60. The Balaban J connectivity index is 3.11. The average molecular weight is 446 g/mol. The van der Waals surface area contributed by atoms with Crippen molar-refractivity contribution in [2.45, 2.75) is 166 Å².